The molecule has 3 nitrogen and oxygen atoms in total. The molecule has 1 aliphatic rings. The molecule has 0 saturated carbocycles. The zero-order valence-corrected chi connectivity index (χ0v) is 10.5. The number of carbonyl (C=O) groups is 1. The number of nitrogens with zero attached hydrogens (tertiary/aromatic N) is 1. The van der Waals surface area contributed by atoms with Crippen LogP contribution in [-0.2, 0) is 4.79 Å². The number of piperidine rings is 1. The minimum absolute atomic E-state index is 0.112. The van der Waals surface area contributed by atoms with Gasteiger partial charge in [-0.25, -0.2) is 13.2 Å². The van der Waals surface area contributed by atoms with Crippen LogP contribution in [0.1, 0.15) is 31.4 Å². The molecule has 2 unspecified atom stereocenters. The molecule has 1 aromatic carbocycles. The lowest BCUT2D eigenvalue weighted by Crippen LogP contribution is -2.48. The van der Waals surface area contributed by atoms with E-state index in [9.17, 15) is 18.0 Å². The predicted molar refractivity (Wildman–Crippen MR) is 63.7 cm³/mol. The molecule has 2 N–H and O–H groups in total. The van der Waals surface area contributed by atoms with Gasteiger partial charge in [-0.1, -0.05) is 0 Å². The largest absolute Gasteiger partial charge is 0.334 e. The number of hydrogen-bond donors (Lipinski definition) is 1. The highest BCUT2D eigenvalue weighted by Crippen LogP contribution is 2.32. The van der Waals surface area contributed by atoms with Crippen LogP contribution in [0.2, 0.25) is 0 Å². The van der Waals surface area contributed by atoms with Crippen LogP contribution in [0.5, 0.6) is 0 Å². The van der Waals surface area contributed by atoms with Crippen molar-refractivity contribution in [3.05, 3.63) is 35.1 Å². The van der Waals surface area contributed by atoms with Gasteiger partial charge in [0.15, 0.2) is 17.5 Å². The molecular weight excluding hydrogens is 257 g/mol. The number of hydrogen-bond acceptors (Lipinski definition) is 2. The Bertz CT molecular complexity index is 484. The first-order valence-electron chi connectivity index (χ1n) is 6.15. The number of rotatable bonds is 2. The zero-order valence-electron chi connectivity index (χ0n) is 10.5. The maximum atomic E-state index is 13.3. The summed E-state index contributed by atoms with van der Waals surface area (Å²) in [6.07, 6.45) is 0.762. The van der Waals surface area contributed by atoms with E-state index < -0.39 is 29.5 Å². The standard InChI is InChI=1S/C13H15F3N2O/c1-2-18-11(19)4-3-10(17)13(18)7-5-8(14)12(16)9(15)6-7/h5-6,10,13H,2-4,17H2,1H3. The Morgan fingerprint density at radius 3 is 2.42 bits per heavy atom. The summed E-state index contributed by atoms with van der Waals surface area (Å²) in [7, 11) is 0. The SMILES string of the molecule is CCN1C(=O)CCC(N)C1c1cc(F)c(F)c(F)c1. The van der Waals surface area contributed by atoms with Gasteiger partial charge in [-0.3, -0.25) is 4.79 Å². The molecule has 1 aliphatic heterocycles. The van der Waals surface area contributed by atoms with Gasteiger partial charge in [0.2, 0.25) is 5.91 Å². The predicted octanol–water partition coefficient (Wildman–Crippen LogP) is 2.11. The summed E-state index contributed by atoms with van der Waals surface area (Å²) in [6, 6.07) is 0.784. The fraction of sp³-hybridized carbons (Fsp3) is 0.462. The molecule has 1 saturated heterocycles. The van der Waals surface area contributed by atoms with Crippen LogP contribution in [0.25, 0.3) is 0 Å². The summed E-state index contributed by atoms with van der Waals surface area (Å²) in [4.78, 5) is 13.3. The second kappa shape index (κ2) is 5.21. The van der Waals surface area contributed by atoms with Gasteiger partial charge in [-0.05, 0) is 31.0 Å². The average Bonchev–Trinajstić information content (AvgIpc) is 2.37. The number of likely N-dealkylation sites (tertiary alicyclic amines) is 1. The molecule has 0 radical (unpaired) electrons. The van der Waals surface area contributed by atoms with Crippen molar-refractivity contribution in [2.75, 3.05) is 6.54 Å². The molecule has 1 amide bonds. The first kappa shape index (κ1) is 13.9. The van der Waals surface area contributed by atoms with Crippen molar-refractivity contribution in [2.24, 2.45) is 5.73 Å². The van der Waals surface area contributed by atoms with Gasteiger partial charge in [0, 0.05) is 19.0 Å². The summed E-state index contributed by atoms with van der Waals surface area (Å²) in [5.41, 5.74) is 6.14. The number of nitrogens with two attached hydrogens (primary N) is 1. The topological polar surface area (TPSA) is 46.3 Å². The minimum Gasteiger partial charge on any atom is -0.334 e. The zero-order chi connectivity index (χ0) is 14.2. The van der Waals surface area contributed by atoms with E-state index in [1.54, 1.807) is 6.92 Å². The van der Waals surface area contributed by atoms with Gasteiger partial charge in [0.1, 0.15) is 0 Å². The van der Waals surface area contributed by atoms with E-state index in [1.807, 2.05) is 0 Å². The molecule has 19 heavy (non-hydrogen) atoms. The molecule has 6 heteroatoms. The second-order valence-electron chi connectivity index (χ2n) is 4.63. The molecule has 104 valence electrons. The van der Waals surface area contributed by atoms with Crippen molar-refractivity contribution in [1.82, 2.24) is 4.90 Å². The highest BCUT2D eigenvalue weighted by atomic mass is 19.2. The first-order valence-corrected chi connectivity index (χ1v) is 6.15. The molecular formula is C13H15F3N2O. The van der Waals surface area contributed by atoms with Crippen molar-refractivity contribution in [3.8, 4) is 0 Å². The van der Waals surface area contributed by atoms with E-state index in [1.165, 1.54) is 4.90 Å². The van der Waals surface area contributed by atoms with E-state index in [0.717, 1.165) is 12.1 Å². The van der Waals surface area contributed by atoms with Crippen molar-refractivity contribution in [1.29, 1.82) is 0 Å². The van der Waals surface area contributed by atoms with E-state index >= 15 is 0 Å². The molecule has 2 rings (SSSR count). The lowest BCUT2D eigenvalue weighted by Gasteiger charge is -2.39. The normalized spacial score (nSPS) is 23.8. The van der Waals surface area contributed by atoms with E-state index in [0.29, 0.717) is 19.4 Å². The Hall–Kier alpha value is -1.56. The van der Waals surface area contributed by atoms with E-state index in [4.69, 9.17) is 5.73 Å². The number of halogens is 3. The molecule has 0 aromatic heterocycles. The smallest absolute Gasteiger partial charge is 0.223 e. The molecule has 0 bridgehead atoms. The number of likely N-dealkylation sites (N-methyl/N-ethyl adjacent to an activating group) is 1. The van der Waals surface area contributed by atoms with Crippen LogP contribution in [0.4, 0.5) is 13.2 Å². The lowest BCUT2D eigenvalue weighted by molar-refractivity contribution is -0.137. The van der Waals surface area contributed by atoms with Crippen molar-refractivity contribution < 1.29 is 18.0 Å². The maximum Gasteiger partial charge on any atom is 0.223 e. The Labute approximate surface area is 109 Å². The quantitative estimate of drug-likeness (QED) is 0.838. The fourth-order valence-corrected chi connectivity index (χ4v) is 2.52. The monoisotopic (exact) mass is 272 g/mol. The lowest BCUT2D eigenvalue weighted by atomic mass is 9.90. The van der Waals surface area contributed by atoms with Crippen LogP contribution in [0.15, 0.2) is 12.1 Å². The highest BCUT2D eigenvalue weighted by molar-refractivity contribution is 5.77. The van der Waals surface area contributed by atoms with Gasteiger partial charge in [0.25, 0.3) is 0 Å². The highest BCUT2D eigenvalue weighted by Gasteiger charge is 2.34. The molecule has 2 atom stereocenters. The number of amides is 1. The summed E-state index contributed by atoms with van der Waals surface area (Å²) < 4.78 is 39.6. The third kappa shape index (κ3) is 2.45. The van der Waals surface area contributed by atoms with E-state index in [2.05, 4.69) is 0 Å². The Kier molecular flexibility index (Phi) is 3.80. The van der Waals surface area contributed by atoms with Gasteiger partial charge in [-0.15, -0.1) is 0 Å². The summed E-state index contributed by atoms with van der Waals surface area (Å²) in [5.74, 6) is -4.16. The van der Waals surface area contributed by atoms with Crippen molar-refractivity contribution in [2.45, 2.75) is 31.8 Å². The Balaban J connectivity index is 2.45. The van der Waals surface area contributed by atoms with Crippen molar-refractivity contribution >= 4 is 5.91 Å². The summed E-state index contributed by atoms with van der Waals surface area (Å²) >= 11 is 0. The third-order valence-electron chi connectivity index (χ3n) is 3.44. The van der Waals surface area contributed by atoms with Gasteiger partial charge in [0.05, 0.1) is 6.04 Å². The summed E-state index contributed by atoms with van der Waals surface area (Å²) in [5, 5.41) is 0. The number of carbonyl (C=O) groups excluding carboxylic acids is 1. The van der Waals surface area contributed by atoms with Crippen LogP contribution in [0, 0.1) is 17.5 Å². The van der Waals surface area contributed by atoms with Gasteiger partial charge >= 0.3 is 0 Å². The molecule has 0 aliphatic carbocycles. The van der Waals surface area contributed by atoms with Crippen LogP contribution in [-0.4, -0.2) is 23.4 Å². The van der Waals surface area contributed by atoms with Crippen LogP contribution >= 0.6 is 0 Å². The fourth-order valence-electron chi connectivity index (χ4n) is 2.52. The molecule has 0 spiro atoms. The first-order chi connectivity index (χ1) is 8.95. The van der Waals surface area contributed by atoms with E-state index in [-0.39, 0.29) is 11.5 Å². The third-order valence-corrected chi connectivity index (χ3v) is 3.44. The number of benzene rings is 1. The van der Waals surface area contributed by atoms with Crippen LogP contribution in [0.3, 0.4) is 0 Å². The minimum atomic E-state index is -1.51. The maximum absolute atomic E-state index is 13.3. The average molecular weight is 272 g/mol. The molecule has 1 heterocycles. The Morgan fingerprint density at radius 2 is 1.89 bits per heavy atom. The van der Waals surface area contributed by atoms with Gasteiger partial charge in [-0.2, -0.15) is 0 Å². The summed E-state index contributed by atoms with van der Waals surface area (Å²) in [6.45, 7) is 2.15. The van der Waals surface area contributed by atoms with Crippen molar-refractivity contribution in [3.63, 3.8) is 0 Å². The van der Waals surface area contributed by atoms with Crippen LogP contribution < -0.4 is 5.73 Å². The molecule has 1 fully saturated rings. The second-order valence-corrected chi connectivity index (χ2v) is 4.63. The molecule has 1 aromatic rings. The van der Waals surface area contributed by atoms with Gasteiger partial charge < -0.3 is 10.6 Å². The Morgan fingerprint density at radius 1 is 1.32 bits per heavy atom.